The summed E-state index contributed by atoms with van der Waals surface area (Å²) in [6, 6.07) is 7.51. The minimum Gasteiger partial charge on any atom is -0.435 e. The van der Waals surface area contributed by atoms with Gasteiger partial charge in [0.05, 0.1) is 16.3 Å². The molecule has 6 nitrogen and oxygen atoms in total. The van der Waals surface area contributed by atoms with Gasteiger partial charge in [-0.05, 0) is 36.8 Å². The molecule has 0 bridgehead atoms. The van der Waals surface area contributed by atoms with E-state index < -0.39 is 22.5 Å². The number of halogens is 3. The standard InChI is InChI=1S/C18H20F3N3O3S/c1-12-2-3-13(27-18(20)21)10-16(12)23-28(25,26)14-4-5-15(19)17(11-14)24-8-6-22-7-9-24/h2-5,10-11,18,22-23H,6-9H2,1H3. The van der Waals surface area contributed by atoms with Gasteiger partial charge in [-0.2, -0.15) is 8.78 Å². The van der Waals surface area contributed by atoms with Crippen molar-refractivity contribution in [2.45, 2.75) is 18.4 Å². The van der Waals surface area contributed by atoms with E-state index in [9.17, 15) is 21.6 Å². The number of sulfonamides is 1. The lowest BCUT2D eigenvalue weighted by molar-refractivity contribution is -0.0498. The van der Waals surface area contributed by atoms with E-state index in [2.05, 4.69) is 14.8 Å². The summed E-state index contributed by atoms with van der Waals surface area (Å²) in [6.45, 7) is 1.06. The fourth-order valence-corrected chi connectivity index (χ4v) is 4.04. The van der Waals surface area contributed by atoms with Gasteiger partial charge in [0.15, 0.2) is 0 Å². The van der Waals surface area contributed by atoms with Crippen molar-refractivity contribution in [3.8, 4) is 5.75 Å². The SMILES string of the molecule is Cc1ccc(OC(F)F)cc1NS(=O)(=O)c1ccc(F)c(N2CCNCC2)c1. The topological polar surface area (TPSA) is 70.7 Å². The van der Waals surface area contributed by atoms with Gasteiger partial charge in [0, 0.05) is 32.2 Å². The van der Waals surface area contributed by atoms with Crippen molar-refractivity contribution in [3.05, 3.63) is 47.8 Å². The molecule has 28 heavy (non-hydrogen) atoms. The minimum absolute atomic E-state index is 0.103. The Bertz CT molecular complexity index is 948. The highest BCUT2D eigenvalue weighted by molar-refractivity contribution is 7.92. The van der Waals surface area contributed by atoms with Crippen molar-refractivity contribution in [3.63, 3.8) is 0 Å². The zero-order valence-electron chi connectivity index (χ0n) is 15.1. The Kier molecular flexibility index (Phi) is 5.99. The van der Waals surface area contributed by atoms with Crippen LogP contribution in [0.5, 0.6) is 5.75 Å². The Hall–Kier alpha value is -2.46. The van der Waals surface area contributed by atoms with E-state index >= 15 is 0 Å². The molecule has 1 aliphatic heterocycles. The molecule has 0 atom stereocenters. The summed E-state index contributed by atoms with van der Waals surface area (Å²) in [5.41, 5.74) is 0.830. The number of benzene rings is 2. The van der Waals surface area contributed by atoms with Gasteiger partial charge in [-0.25, -0.2) is 12.8 Å². The third-order valence-electron chi connectivity index (χ3n) is 4.36. The van der Waals surface area contributed by atoms with Crippen molar-refractivity contribution in [2.75, 3.05) is 35.8 Å². The third kappa shape index (κ3) is 4.68. The van der Waals surface area contributed by atoms with Crippen LogP contribution < -0.4 is 19.7 Å². The number of hydrogen-bond acceptors (Lipinski definition) is 5. The molecule has 3 rings (SSSR count). The Labute approximate surface area is 161 Å². The molecule has 0 aromatic heterocycles. The van der Waals surface area contributed by atoms with E-state index in [1.54, 1.807) is 11.8 Å². The number of hydrogen-bond donors (Lipinski definition) is 2. The van der Waals surface area contributed by atoms with E-state index in [1.165, 1.54) is 24.3 Å². The molecular weight excluding hydrogens is 395 g/mol. The second kappa shape index (κ2) is 8.27. The van der Waals surface area contributed by atoms with Gasteiger partial charge in [-0.15, -0.1) is 0 Å². The maximum absolute atomic E-state index is 14.2. The van der Waals surface area contributed by atoms with Gasteiger partial charge in [-0.1, -0.05) is 6.07 Å². The van der Waals surface area contributed by atoms with Crippen LogP contribution in [0.4, 0.5) is 24.5 Å². The Morgan fingerprint density at radius 1 is 1.14 bits per heavy atom. The van der Waals surface area contributed by atoms with Gasteiger partial charge in [0.1, 0.15) is 11.6 Å². The van der Waals surface area contributed by atoms with Gasteiger partial charge < -0.3 is 15.0 Å². The van der Waals surface area contributed by atoms with Crippen LogP contribution >= 0.6 is 0 Å². The zero-order valence-corrected chi connectivity index (χ0v) is 15.9. The minimum atomic E-state index is -4.06. The molecule has 10 heteroatoms. The lowest BCUT2D eigenvalue weighted by Crippen LogP contribution is -2.43. The summed E-state index contributed by atoms with van der Waals surface area (Å²) < 4.78 is 71.3. The van der Waals surface area contributed by atoms with Crippen molar-refractivity contribution < 1.29 is 26.3 Å². The van der Waals surface area contributed by atoms with E-state index in [0.29, 0.717) is 31.7 Å². The predicted octanol–water partition coefficient (Wildman–Crippen LogP) is 2.95. The Morgan fingerprint density at radius 2 is 1.86 bits per heavy atom. The number of rotatable bonds is 6. The molecular formula is C18H20F3N3O3S. The van der Waals surface area contributed by atoms with Crippen LogP contribution in [0.2, 0.25) is 0 Å². The normalized spacial score (nSPS) is 15.0. The molecule has 2 aromatic carbocycles. The second-order valence-corrected chi connectivity index (χ2v) is 7.99. The largest absolute Gasteiger partial charge is 0.435 e. The lowest BCUT2D eigenvalue weighted by atomic mass is 10.2. The summed E-state index contributed by atoms with van der Waals surface area (Å²) in [5.74, 6) is -0.678. The average molecular weight is 415 g/mol. The molecule has 0 spiro atoms. The summed E-state index contributed by atoms with van der Waals surface area (Å²) in [7, 11) is -4.06. The Balaban J connectivity index is 1.89. The van der Waals surface area contributed by atoms with E-state index in [-0.39, 0.29) is 22.0 Å². The van der Waals surface area contributed by atoms with Crippen LogP contribution in [-0.2, 0) is 10.0 Å². The molecule has 0 aliphatic carbocycles. The van der Waals surface area contributed by atoms with Crippen LogP contribution in [-0.4, -0.2) is 41.2 Å². The van der Waals surface area contributed by atoms with Crippen molar-refractivity contribution in [2.24, 2.45) is 0 Å². The van der Waals surface area contributed by atoms with Crippen LogP contribution in [0.1, 0.15) is 5.56 Å². The van der Waals surface area contributed by atoms with Crippen LogP contribution in [0.25, 0.3) is 0 Å². The van der Waals surface area contributed by atoms with Crippen LogP contribution in [0.15, 0.2) is 41.3 Å². The highest BCUT2D eigenvalue weighted by atomic mass is 32.2. The Morgan fingerprint density at radius 3 is 2.54 bits per heavy atom. The summed E-state index contributed by atoms with van der Waals surface area (Å²) >= 11 is 0. The molecule has 2 aromatic rings. The fourth-order valence-electron chi connectivity index (χ4n) is 2.90. The van der Waals surface area contributed by atoms with Crippen LogP contribution in [0.3, 0.4) is 0 Å². The van der Waals surface area contributed by atoms with Crippen molar-refractivity contribution >= 4 is 21.4 Å². The summed E-state index contributed by atoms with van der Waals surface area (Å²) in [6.07, 6.45) is 0. The van der Waals surface area contributed by atoms with Crippen molar-refractivity contribution in [1.82, 2.24) is 5.32 Å². The highest BCUT2D eigenvalue weighted by Gasteiger charge is 2.21. The van der Waals surface area contributed by atoms with Crippen molar-refractivity contribution in [1.29, 1.82) is 0 Å². The fraction of sp³-hybridized carbons (Fsp3) is 0.333. The molecule has 1 aliphatic rings. The molecule has 1 saturated heterocycles. The molecule has 0 radical (unpaired) electrons. The number of piperazine rings is 1. The molecule has 2 N–H and O–H groups in total. The maximum atomic E-state index is 14.2. The maximum Gasteiger partial charge on any atom is 0.387 e. The van der Waals surface area contributed by atoms with Gasteiger partial charge in [0.25, 0.3) is 10.0 Å². The van der Waals surface area contributed by atoms with E-state index in [1.807, 2.05) is 0 Å². The first-order valence-corrected chi connectivity index (χ1v) is 10.1. The molecule has 1 fully saturated rings. The van der Waals surface area contributed by atoms with Gasteiger partial charge >= 0.3 is 6.61 Å². The molecule has 152 valence electrons. The first-order valence-electron chi connectivity index (χ1n) is 8.60. The molecule has 0 unspecified atom stereocenters. The van der Waals surface area contributed by atoms with Gasteiger partial charge in [0.2, 0.25) is 0 Å². The highest BCUT2D eigenvalue weighted by Crippen LogP contribution is 2.28. The second-order valence-electron chi connectivity index (χ2n) is 6.31. The third-order valence-corrected chi connectivity index (χ3v) is 5.73. The molecule has 0 amide bonds. The van der Waals surface area contributed by atoms with Gasteiger partial charge in [-0.3, -0.25) is 4.72 Å². The number of ether oxygens (including phenoxy) is 1. The average Bonchev–Trinajstić information content (AvgIpc) is 2.65. The lowest BCUT2D eigenvalue weighted by Gasteiger charge is -2.30. The smallest absolute Gasteiger partial charge is 0.387 e. The molecule has 1 heterocycles. The molecule has 0 saturated carbocycles. The number of nitrogens with one attached hydrogen (secondary N) is 2. The first-order chi connectivity index (χ1) is 13.3. The number of aryl methyl sites for hydroxylation is 1. The summed E-state index contributed by atoms with van der Waals surface area (Å²) in [5, 5.41) is 3.15. The predicted molar refractivity (Wildman–Crippen MR) is 100 cm³/mol. The number of alkyl halides is 2. The van der Waals surface area contributed by atoms with Crippen LogP contribution in [0, 0.1) is 12.7 Å². The first kappa shape index (κ1) is 20.3. The van der Waals surface area contributed by atoms with E-state index in [0.717, 1.165) is 12.1 Å². The van der Waals surface area contributed by atoms with E-state index in [4.69, 9.17) is 0 Å². The summed E-state index contributed by atoms with van der Waals surface area (Å²) in [4.78, 5) is 1.65. The zero-order chi connectivity index (χ0) is 20.3. The quantitative estimate of drug-likeness (QED) is 0.759. The number of nitrogens with zero attached hydrogens (tertiary/aromatic N) is 1. The monoisotopic (exact) mass is 415 g/mol. The number of anilines is 2.